The molecule has 2 rings (SSSR count). The Morgan fingerprint density at radius 2 is 1.61 bits per heavy atom. The summed E-state index contributed by atoms with van der Waals surface area (Å²) in [6, 6.07) is 11.6. The van der Waals surface area contributed by atoms with Gasteiger partial charge >= 0.3 is 0 Å². The molecule has 0 aliphatic heterocycles. The van der Waals surface area contributed by atoms with Gasteiger partial charge in [-0.3, -0.25) is 0 Å². The van der Waals surface area contributed by atoms with Gasteiger partial charge < -0.3 is 5.32 Å². The fourth-order valence-corrected chi connectivity index (χ4v) is 2.90. The third-order valence-corrected chi connectivity index (χ3v) is 4.19. The second-order valence-electron chi connectivity index (χ2n) is 5.76. The molecule has 0 aromatic heterocycles. The van der Waals surface area contributed by atoms with E-state index in [1.807, 2.05) is 0 Å². The standard InChI is InChI=1S/C17H27N/c1-15(16-10-6-5-7-11-16)14-18-17-12-8-3-2-4-9-13-17/h5-7,10-11,15,17-18H,2-4,8-9,12-14H2,1H3. The van der Waals surface area contributed by atoms with Crippen LogP contribution in [0.3, 0.4) is 0 Å². The van der Waals surface area contributed by atoms with Gasteiger partial charge in [0.25, 0.3) is 0 Å². The monoisotopic (exact) mass is 245 g/mol. The minimum atomic E-state index is 0.622. The molecule has 1 unspecified atom stereocenters. The Morgan fingerprint density at radius 1 is 1.00 bits per heavy atom. The van der Waals surface area contributed by atoms with Crippen molar-refractivity contribution < 1.29 is 0 Å². The molecular weight excluding hydrogens is 218 g/mol. The summed E-state index contributed by atoms with van der Waals surface area (Å²) in [4.78, 5) is 0. The molecule has 1 aliphatic carbocycles. The van der Waals surface area contributed by atoms with Crippen LogP contribution < -0.4 is 5.32 Å². The van der Waals surface area contributed by atoms with E-state index in [-0.39, 0.29) is 0 Å². The fraction of sp³-hybridized carbons (Fsp3) is 0.647. The van der Waals surface area contributed by atoms with E-state index < -0.39 is 0 Å². The Morgan fingerprint density at radius 3 is 2.28 bits per heavy atom. The highest BCUT2D eigenvalue weighted by molar-refractivity contribution is 5.18. The molecule has 1 nitrogen and oxygen atoms in total. The van der Waals surface area contributed by atoms with Crippen molar-refractivity contribution in [1.29, 1.82) is 0 Å². The van der Waals surface area contributed by atoms with Crippen LogP contribution in [0.4, 0.5) is 0 Å². The van der Waals surface area contributed by atoms with Crippen LogP contribution in [-0.4, -0.2) is 12.6 Å². The Hall–Kier alpha value is -0.820. The molecule has 0 saturated heterocycles. The largest absolute Gasteiger partial charge is 0.313 e. The lowest BCUT2D eigenvalue weighted by Gasteiger charge is -2.23. The molecule has 18 heavy (non-hydrogen) atoms. The van der Waals surface area contributed by atoms with Gasteiger partial charge in [0.1, 0.15) is 0 Å². The average Bonchev–Trinajstić information content (AvgIpc) is 2.38. The molecule has 1 fully saturated rings. The number of nitrogens with one attached hydrogen (secondary N) is 1. The maximum Gasteiger partial charge on any atom is 0.00673 e. The van der Waals surface area contributed by atoms with Crippen LogP contribution in [0.25, 0.3) is 0 Å². The second-order valence-corrected chi connectivity index (χ2v) is 5.76. The second kappa shape index (κ2) is 7.58. The first kappa shape index (κ1) is 13.6. The molecule has 0 radical (unpaired) electrons. The van der Waals surface area contributed by atoms with Gasteiger partial charge in [-0.15, -0.1) is 0 Å². The van der Waals surface area contributed by atoms with Gasteiger partial charge in [-0.1, -0.05) is 69.4 Å². The third-order valence-electron chi connectivity index (χ3n) is 4.19. The maximum absolute atomic E-state index is 3.79. The Kier molecular flexibility index (Phi) is 5.73. The highest BCUT2D eigenvalue weighted by Crippen LogP contribution is 2.19. The van der Waals surface area contributed by atoms with E-state index in [1.54, 1.807) is 0 Å². The summed E-state index contributed by atoms with van der Waals surface area (Å²) in [6.07, 6.45) is 9.91. The molecule has 100 valence electrons. The van der Waals surface area contributed by atoms with Crippen molar-refractivity contribution in [2.75, 3.05) is 6.54 Å². The van der Waals surface area contributed by atoms with Crippen molar-refractivity contribution >= 4 is 0 Å². The maximum atomic E-state index is 3.79. The van der Waals surface area contributed by atoms with E-state index in [0.717, 1.165) is 12.6 Å². The molecule has 0 spiro atoms. The van der Waals surface area contributed by atoms with Gasteiger partial charge in [-0.05, 0) is 24.3 Å². The molecule has 1 heteroatoms. The molecule has 1 saturated carbocycles. The average molecular weight is 245 g/mol. The van der Waals surface area contributed by atoms with Crippen LogP contribution in [0.1, 0.15) is 63.4 Å². The minimum absolute atomic E-state index is 0.622. The van der Waals surface area contributed by atoms with Crippen molar-refractivity contribution in [3.8, 4) is 0 Å². The van der Waals surface area contributed by atoms with E-state index in [1.165, 1.54) is 50.5 Å². The topological polar surface area (TPSA) is 12.0 Å². The normalized spacial score (nSPS) is 20.1. The lowest BCUT2D eigenvalue weighted by Crippen LogP contribution is -2.32. The summed E-state index contributed by atoms with van der Waals surface area (Å²) >= 11 is 0. The van der Waals surface area contributed by atoms with E-state index >= 15 is 0 Å². The van der Waals surface area contributed by atoms with Gasteiger partial charge in [0.2, 0.25) is 0 Å². The molecule has 0 heterocycles. The van der Waals surface area contributed by atoms with E-state index in [4.69, 9.17) is 0 Å². The van der Waals surface area contributed by atoms with Crippen LogP contribution in [-0.2, 0) is 0 Å². The number of benzene rings is 1. The van der Waals surface area contributed by atoms with Gasteiger partial charge in [-0.25, -0.2) is 0 Å². The Bertz CT molecular complexity index is 312. The first-order valence-electron chi connectivity index (χ1n) is 7.64. The summed E-state index contributed by atoms with van der Waals surface area (Å²) in [5, 5.41) is 3.79. The quantitative estimate of drug-likeness (QED) is 0.824. The molecule has 1 N–H and O–H groups in total. The van der Waals surface area contributed by atoms with Crippen LogP contribution in [0.2, 0.25) is 0 Å². The SMILES string of the molecule is CC(CNC1CCCCCCC1)c1ccccc1. The number of hydrogen-bond acceptors (Lipinski definition) is 1. The van der Waals surface area contributed by atoms with Crippen molar-refractivity contribution in [3.63, 3.8) is 0 Å². The van der Waals surface area contributed by atoms with Crippen LogP contribution in [0.5, 0.6) is 0 Å². The zero-order chi connectivity index (χ0) is 12.6. The van der Waals surface area contributed by atoms with Gasteiger partial charge in [-0.2, -0.15) is 0 Å². The zero-order valence-electron chi connectivity index (χ0n) is 11.7. The van der Waals surface area contributed by atoms with E-state index in [0.29, 0.717) is 5.92 Å². The predicted octanol–water partition coefficient (Wildman–Crippen LogP) is 4.49. The van der Waals surface area contributed by atoms with Crippen LogP contribution >= 0.6 is 0 Å². The lowest BCUT2D eigenvalue weighted by atomic mass is 9.95. The summed E-state index contributed by atoms with van der Waals surface area (Å²) in [6.45, 7) is 3.44. The Balaban J connectivity index is 1.76. The van der Waals surface area contributed by atoms with Crippen LogP contribution in [0, 0.1) is 0 Å². The first-order valence-corrected chi connectivity index (χ1v) is 7.64. The summed E-state index contributed by atoms with van der Waals surface area (Å²) in [5.74, 6) is 0.622. The minimum Gasteiger partial charge on any atom is -0.313 e. The van der Waals surface area contributed by atoms with E-state index in [9.17, 15) is 0 Å². The first-order chi connectivity index (χ1) is 8.86. The molecule has 0 amide bonds. The predicted molar refractivity (Wildman–Crippen MR) is 79.0 cm³/mol. The van der Waals surface area contributed by atoms with Crippen molar-refractivity contribution in [2.24, 2.45) is 0 Å². The highest BCUT2D eigenvalue weighted by Gasteiger charge is 2.12. The smallest absolute Gasteiger partial charge is 0.00673 e. The summed E-state index contributed by atoms with van der Waals surface area (Å²) in [7, 11) is 0. The van der Waals surface area contributed by atoms with Crippen molar-refractivity contribution in [2.45, 2.75) is 63.8 Å². The zero-order valence-corrected chi connectivity index (χ0v) is 11.7. The Labute approximate surface area is 112 Å². The fourth-order valence-electron chi connectivity index (χ4n) is 2.90. The van der Waals surface area contributed by atoms with Crippen molar-refractivity contribution in [3.05, 3.63) is 35.9 Å². The molecule has 1 aromatic carbocycles. The number of rotatable bonds is 4. The molecule has 1 aliphatic rings. The van der Waals surface area contributed by atoms with E-state index in [2.05, 4.69) is 42.6 Å². The lowest BCUT2D eigenvalue weighted by molar-refractivity contribution is 0.383. The molecule has 0 bridgehead atoms. The van der Waals surface area contributed by atoms with Gasteiger partial charge in [0.05, 0.1) is 0 Å². The van der Waals surface area contributed by atoms with Crippen LogP contribution in [0.15, 0.2) is 30.3 Å². The third kappa shape index (κ3) is 4.45. The van der Waals surface area contributed by atoms with Gasteiger partial charge in [0.15, 0.2) is 0 Å². The molecular formula is C17H27N. The highest BCUT2D eigenvalue weighted by atomic mass is 14.9. The summed E-state index contributed by atoms with van der Waals surface area (Å²) in [5.41, 5.74) is 1.45. The molecule has 1 atom stereocenters. The number of hydrogen-bond donors (Lipinski definition) is 1. The van der Waals surface area contributed by atoms with Gasteiger partial charge in [0, 0.05) is 12.6 Å². The van der Waals surface area contributed by atoms with Crippen molar-refractivity contribution in [1.82, 2.24) is 5.32 Å². The molecule has 1 aromatic rings. The summed E-state index contributed by atoms with van der Waals surface area (Å²) < 4.78 is 0.